The Morgan fingerprint density at radius 1 is 1.03 bits per heavy atom. The summed E-state index contributed by atoms with van der Waals surface area (Å²) >= 11 is 5.90. The minimum atomic E-state index is -4.71. The van der Waals surface area contributed by atoms with Gasteiger partial charge in [0.05, 0.1) is 32.4 Å². The molecule has 0 saturated carbocycles. The Hall–Kier alpha value is -3.34. The first kappa shape index (κ1) is 23.9. The number of amides is 2. The number of benzene rings is 2. The molecule has 0 saturated heterocycles. The summed E-state index contributed by atoms with van der Waals surface area (Å²) in [5, 5.41) is 15.0. The first-order valence-corrected chi connectivity index (χ1v) is 9.02. The van der Waals surface area contributed by atoms with E-state index in [2.05, 4.69) is 10.6 Å². The number of hydrogen-bond acceptors (Lipinski definition) is 5. The topological polar surface area (TPSA) is 111 Å². The van der Waals surface area contributed by atoms with Crippen LogP contribution < -0.4 is 10.6 Å². The van der Waals surface area contributed by atoms with Crippen molar-refractivity contribution in [2.45, 2.75) is 32.5 Å². The molecule has 0 aromatic heterocycles. The zero-order chi connectivity index (χ0) is 23.6. The molecule has 0 radical (unpaired) electrons. The van der Waals surface area contributed by atoms with Gasteiger partial charge in [-0.1, -0.05) is 11.6 Å². The van der Waals surface area contributed by atoms with E-state index < -0.39 is 34.3 Å². The lowest BCUT2D eigenvalue weighted by Gasteiger charge is -2.21. The summed E-state index contributed by atoms with van der Waals surface area (Å²) in [5.74, 6) is -0.938. The number of nitrogens with zero attached hydrogens (tertiary/aromatic N) is 1. The van der Waals surface area contributed by atoms with Crippen LogP contribution in [0, 0.1) is 10.1 Å². The van der Waals surface area contributed by atoms with E-state index in [1.165, 1.54) is 0 Å². The van der Waals surface area contributed by atoms with Crippen LogP contribution in [0.25, 0.3) is 0 Å². The minimum Gasteiger partial charge on any atom is -0.444 e. The van der Waals surface area contributed by atoms with E-state index in [0.29, 0.717) is 6.07 Å². The first-order valence-electron chi connectivity index (χ1n) is 8.64. The predicted molar refractivity (Wildman–Crippen MR) is 107 cm³/mol. The van der Waals surface area contributed by atoms with Gasteiger partial charge in [-0.3, -0.25) is 20.2 Å². The van der Waals surface area contributed by atoms with E-state index in [1.807, 2.05) is 0 Å². The third kappa shape index (κ3) is 6.57. The molecule has 2 amide bonds. The van der Waals surface area contributed by atoms with Gasteiger partial charge in [-0.05, 0) is 45.0 Å². The Bertz CT molecular complexity index is 1040. The number of ether oxygens (including phenoxy) is 1. The van der Waals surface area contributed by atoms with Crippen molar-refractivity contribution in [2.75, 3.05) is 10.6 Å². The number of anilines is 2. The second-order valence-corrected chi connectivity index (χ2v) is 7.67. The summed E-state index contributed by atoms with van der Waals surface area (Å²) < 4.78 is 44.4. The summed E-state index contributed by atoms with van der Waals surface area (Å²) in [6.45, 7) is 4.79. The van der Waals surface area contributed by atoms with Gasteiger partial charge in [0.2, 0.25) is 0 Å². The van der Waals surface area contributed by atoms with Gasteiger partial charge >= 0.3 is 12.3 Å². The molecule has 2 rings (SSSR count). The van der Waals surface area contributed by atoms with Crippen LogP contribution >= 0.6 is 11.6 Å². The van der Waals surface area contributed by atoms with Gasteiger partial charge in [-0.25, -0.2) is 4.79 Å². The Morgan fingerprint density at radius 3 is 2.19 bits per heavy atom. The second kappa shape index (κ2) is 8.80. The first-order chi connectivity index (χ1) is 14.2. The molecule has 0 bridgehead atoms. The van der Waals surface area contributed by atoms with Crippen LogP contribution in [-0.2, 0) is 10.9 Å². The van der Waals surface area contributed by atoms with Crippen LogP contribution in [0.4, 0.5) is 35.0 Å². The highest BCUT2D eigenvalue weighted by molar-refractivity contribution is 6.34. The summed E-state index contributed by atoms with van der Waals surface area (Å²) in [6.07, 6.45) is -5.66. The van der Waals surface area contributed by atoms with E-state index in [4.69, 9.17) is 16.3 Å². The smallest absolute Gasteiger partial charge is 0.416 e. The molecule has 0 unspecified atom stereocenters. The number of halogens is 4. The predicted octanol–water partition coefficient (Wildman–Crippen LogP) is 5.87. The van der Waals surface area contributed by atoms with Gasteiger partial charge in [0.15, 0.2) is 0 Å². The van der Waals surface area contributed by atoms with Crippen molar-refractivity contribution in [2.24, 2.45) is 0 Å². The molecule has 0 atom stereocenters. The third-order valence-corrected chi connectivity index (χ3v) is 3.95. The molecule has 0 spiro atoms. The molecular formula is C19H17ClF3N3O5. The number of rotatable bonds is 4. The third-order valence-electron chi connectivity index (χ3n) is 3.64. The minimum absolute atomic E-state index is 0.159. The van der Waals surface area contributed by atoms with Crippen LogP contribution in [0.2, 0.25) is 5.02 Å². The quantitative estimate of drug-likeness (QED) is 0.439. The Morgan fingerprint density at radius 2 is 1.68 bits per heavy atom. The number of non-ortho nitro benzene ring substituents is 1. The van der Waals surface area contributed by atoms with Crippen LogP contribution in [0.1, 0.15) is 36.7 Å². The van der Waals surface area contributed by atoms with Crippen molar-refractivity contribution >= 4 is 40.7 Å². The van der Waals surface area contributed by atoms with E-state index >= 15 is 0 Å². The van der Waals surface area contributed by atoms with Crippen molar-refractivity contribution < 1.29 is 32.4 Å². The number of hydrogen-bond donors (Lipinski definition) is 2. The van der Waals surface area contributed by atoms with Gasteiger partial charge in [-0.2, -0.15) is 13.2 Å². The van der Waals surface area contributed by atoms with E-state index in [-0.39, 0.29) is 27.6 Å². The number of nitro groups is 1. The molecule has 0 heterocycles. The molecule has 2 aromatic carbocycles. The number of nitrogens with one attached hydrogen (secondary N) is 2. The number of carbonyl (C=O) groups excluding carboxylic acids is 2. The molecule has 0 aliphatic carbocycles. The fourth-order valence-electron chi connectivity index (χ4n) is 2.34. The molecule has 8 nitrogen and oxygen atoms in total. The summed E-state index contributed by atoms with van der Waals surface area (Å²) in [5.41, 5.74) is -3.06. The van der Waals surface area contributed by atoms with Gasteiger partial charge in [0.25, 0.3) is 11.6 Å². The van der Waals surface area contributed by atoms with Crippen molar-refractivity contribution in [3.8, 4) is 0 Å². The Labute approximate surface area is 179 Å². The maximum atomic E-state index is 13.1. The molecule has 166 valence electrons. The van der Waals surface area contributed by atoms with Crippen LogP contribution in [0.3, 0.4) is 0 Å². The maximum absolute atomic E-state index is 13.1. The SMILES string of the molecule is CC(C)(C)OC(=O)Nc1ccc(C(F)(F)F)cc1NC(=O)c1ccc([N+](=O)[O-])cc1Cl. The highest BCUT2D eigenvalue weighted by atomic mass is 35.5. The summed E-state index contributed by atoms with van der Waals surface area (Å²) in [4.78, 5) is 34.6. The van der Waals surface area contributed by atoms with Crippen LogP contribution in [0.5, 0.6) is 0 Å². The average Bonchev–Trinajstić information content (AvgIpc) is 2.60. The molecule has 31 heavy (non-hydrogen) atoms. The Kier molecular flexibility index (Phi) is 6.80. The standard InChI is InChI=1S/C19H17ClF3N3O5/c1-18(2,3)31-17(28)25-14-7-4-10(19(21,22)23)8-15(14)24-16(27)12-6-5-11(26(29)30)9-13(12)20/h4-9H,1-3H3,(H,24,27)(H,25,28). The van der Waals surface area contributed by atoms with Crippen molar-refractivity contribution in [1.29, 1.82) is 0 Å². The van der Waals surface area contributed by atoms with Crippen molar-refractivity contribution in [1.82, 2.24) is 0 Å². The van der Waals surface area contributed by atoms with Crippen LogP contribution in [0.15, 0.2) is 36.4 Å². The van der Waals surface area contributed by atoms with Gasteiger partial charge in [-0.15, -0.1) is 0 Å². The largest absolute Gasteiger partial charge is 0.444 e. The summed E-state index contributed by atoms with van der Waals surface area (Å²) in [7, 11) is 0. The Balaban J connectivity index is 2.39. The zero-order valence-corrected chi connectivity index (χ0v) is 17.2. The normalized spacial score (nSPS) is 11.6. The fourth-order valence-corrected chi connectivity index (χ4v) is 2.60. The van der Waals surface area contributed by atoms with E-state index in [9.17, 15) is 32.9 Å². The zero-order valence-electron chi connectivity index (χ0n) is 16.5. The molecule has 0 fully saturated rings. The van der Waals surface area contributed by atoms with Gasteiger partial charge < -0.3 is 10.1 Å². The number of carbonyl (C=O) groups is 2. The highest BCUT2D eigenvalue weighted by Crippen LogP contribution is 2.35. The number of nitro benzene ring substituents is 1. The molecule has 12 heteroatoms. The molecule has 0 aliphatic heterocycles. The molecular weight excluding hydrogens is 443 g/mol. The molecule has 2 aromatic rings. The van der Waals surface area contributed by atoms with Gasteiger partial charge in [0.1, 0.15) is 5.60 Å². The second-order valence-electron chi connectivity index (χ2n) is 7.26. The van der Waals surface area contributed by atoms with E-state index in [0.717, 1.165) is 30.3 Å². The lowest BCUT2D eigenvalue weighted by Crippen LogP contribution is -2.27. The number of alkyl halides is 3. The van der Waals surface area contributed by atoms with Crippen LogP contribution in [-0.4, -0.2) is 22.5 Å². The highest BCUT2D eigenvalue weighted by Gasteiger charge is 2.31. The van der Waals surface area contributed by atoms with Gasteiger partial charge in [0, 0.05) is 12.1 Å². The fraction of sp³-hybridized carbons (Fsp3) is 0.263. The van der Waals surface area contributed by atoms with E-state index in [1.54, 1.807) is 20.8 Å². The maximum Gasteiger partial charge on any atom is 0.416 e. The monoisotopic (exact) mass is 459 g/mol. The summed E-state index contributed by atoms with van der Waals surface area (Å²) in [6, 6.07) is 5.32. The average molecular weight is 460 g/mol. The molecule has 2 N–H and O–H groups in total. The molecule has 0 aliphatic rings. The lowest BCUT2D eigenvalue weighted by molar-refractivity contribution is -0.384. The van der Waals surface area contributed by atoms with Crippen molar-refractivity contribution in [3.63, 3.8) is 0 Å². The lowest BCUT2D eigenvalue weighted by atomic mass is 10.1. The van der Waals surface area contributed by atoms with Crippen molar-refractivity contribution in [3.05, 3.63) is 62.7 Å².